The van der Waals surface area contributed by atoms with Crippen molar-refractivity contribution in [3.63, 3.8) is 0 Å². The average molecular weight is 226 g/mol. The van der Waals surface area contributed by atoms with Gasteiger partial charge in [0, 0.05) is 19.6 Å². The molecule has 1 amide bonds. The summed E-state index contributed by atoms with van der Waals surface area (Å²) in [5.41, 5.74) is -0.557. The van der Waals surface area contributed by atoms with Gasteiger partial charge in [-0.15, -0.1) is 0 Å². The molecule has 0 heterocycles. The summed E-state index contributed by atoms with van der Waals surface area (Å²) in [4.78, 5) is 13.5. The molecule has 0 unspecified atom stereocenters. The molecule has 0 atom stereocenters. The number of aliphatic hydroxyl groups is 1. The van der Waals surface area contributed by atoms with Gasteiger partial charge in [0.25, 0.3) is 0 Å². The predicted molar refractivity (Wildman–Crippen MR) is 62.1 cm³/mol. The number of amides is 1. The first-order valence-electron chi connectivity index (χ1n) is 6.29. The van der Waals surface area contributed by atoms with Gasteiger partial charge in [-0.1, -0.05) is 12.8 Å². The number of carbonyl (C=O) groups is 1. The zero-order chi connectivity index (χ0) is 11.6. The predicted octanol–water partition coefficient (Wildman–Crippen LogP) is 0.502. The Hall–Kier alpha value is -0.610. The molecule has 0 aromatic heterocycles. The summed E-state index contributed by atoms with van der Waals surface area (Å²) in [6.07, 6.45) is 6.24. The molecule has 2 rings (SSSR count). The molecule has 0 aromatic carbocycles. The number of hydrogen-bond donors (Lipinski definition) is 2. The van der Waals surface area contributed by atoms with E-state index < -0.39 is 5.60 Å². The van der Waals surface area contributed by atoms with Crippen molar-refractivity contribution in [2.45, 2.75) is 50.2 Å². The van der Waals surface area contributed by atoms with Gasteiger partial charge in [0.1, 0.15) is 0 Å². The lowest BCUT2D eigenvalue weighted by Crippen LogP contribution is -2.43. The fourth-order valence-corrected chi connectivity index (χ4v) is 2.40. The van der Waals surface area contributed by atoms with Crippen LogP contribution in [0.2, 0.25) is 0 Å². The Labute approximate surface area is 97.0 Å². The van der Waals surface area contributed by atoms with Crippen LogP contribution in [0, 0.1) is 0 Å². The molecule has 2 aliphatic carbocycles. The molecule has 4 heteroatoms. The van der Waals surface area contributed by atoms with Gasteiger partial charge in [0.2, 0.25) is 5.91 Å². The largest absolute Gasteiger partial charge is 0.389 e. The number of nitrogens with one attached hydrogen (secondary N) is 1. The number of carbonyl (C=O) groups excluding carboxylic acids is 1. The fourth-order valence-electron chi connectivity index (χ4n) is 2.40. The van der Waals surface area contributed by atoms with Crippen LogP contribution in [0.4, 0.5) is 0 Å². The van der Waals surface area contributed by atoms with E-state index in [4.69, 9.17) is 0 Å². The molecule has 0 spiro atoms. The van der Waals surface area contributed by atoms with Gasteiger partial charge in [-0.05, 0) is 25.7 Å². The Kier molecular flexibility index (Phi) is 3.50. The molecule has 92 valence electrons. The second-order valence-electron chi connectivity index (χ2n) is 5.27. The molecule has 0 radical (unpaired) electrons. The summed E-state index contributed by atoms with van der Waals surface area (Å²) < 4.78 is 0. The molecule has 0 aromatic rings. The van der Waals surface area contributed by atoms with Gasteiger partial charge in [0.05, 0.1) is 12.1 Å². The Bertz CT molecular complexity index is 258. The zero-order valence-electron chi connectivity index (χ0n) is 10.0. The number of hydrogen-bond acceptors (Lipinski definition) is 3. The van der Waals surface area contributed by atoms with Crippen molar-refractivity contribution in [1.29, 1.82) is 0 Å². The van der Waals surface area contributed by atoms with E-state index in [1.807, 2.05) is 11.9 Å². The monoisotopic (exact) mass is 226 g/mol. The Morgan fingerprint density at radius 2 is 2.06 bits per heavy atom. The van der Waals surface area contributed by atoms with Gasteiger partial charge >= 0.3 is 0 Å². The molecule has 16 heavy (non-hydrogen) atoms. The first-order valence-corrected chi connectivity index (χ1v) is 6.29. The van der Waals surface area contributed by atoms with E-state index in [-0.39, 0.29) is 5.91 Å². The van der Waals surface area contributed by atoms with Crippen LogP contribution in [0.3, 0.4) is 0 Å². The molecular formula is C12H22N2O2. The molecule has 0 saturated heterocycles. The highest BCUT2D eigenvalue weighted by atomic mass is 16.3. The van der Waals surface area contributed by atoms with Gasteiger partial charge in [-0.3, -0.25) is 4.79 Å². The van der Waals surface area contributed by atoms with Crippen LogP contribution in [-0.2, 0) is 4.79 Å². The number of nitrogens with zero attached hydrogens (tertiary/aromatic N) is 1. The van der Waals surface area contributed by atoms with Gasteiger partial charge < -0.3 is 15.3 Å². The lowest BCUT2D eigenvalue weighted by molar-refractivity contribution is -0.129. The normalized spacial score (nSPS) is 23.4. The quantitative estimate of drug-likeness (QED) is 0.718. The van der Waals surface area contributed by atoms with Crippen LogP contribution >= 0.6 is 0 Å². The van der Waals surface area contributed by atoms with Crippen LogP contribution in [0.1, 0.15) is 38.5 Å². The second-order valence-corrected chi connectivity index (χ2v) is 5.27. The molecule has 2 aliphatic rings. The lowest BCUT2D eigenvalue weighted by atomic mass is 10.0. The Morgan fingerprint density at radius 3 is 2.62 bits per heavy atom. The minimum atomic E-state index is -0.557. The van der Waals surface area contributed by atoms with E-state index >= 15 is 0 Å². The van der Waals surface area contributed by atoms with Crippen molar-refractivity contribution < 1.29 is 9.90 Å². The van der Waals surface area contributed by atoms with E-state index in [0.717, 1.165) is 38.5 Å². The maximum absolute atomic E-state index is 11.7. The highest BCUT2D eigenvalue weighted by Gasteiger charge is 2.32. The molecule has 0 aliphatic heterocycles. The van der Waals surface area contributed by atoms with Crippen molar-refractivity contribution in [3.8, 4) is 0 Å². The summed E-state index contributed by atoms with van der Waals surface area (Å²) in [5, 5.41) is 13.2. The highest BCUT2D eigenvalue weighted by Crippen LogP contribution is 2.28. The Morgan fingerprint density at radius 1 is 1.44 bits per heavy atom. The SMILES string of the molecule is CN(C(=O)CNCC1(O)CCCC1)C1CC1. The summed E-state index contributed by atoms with van der Waals surface area (Å²) in [6, 6.07) is 0.476. The molecule has 2 N–H and O–H groups in total. The summed E-state index contributed by atoms with van der Waals surface area (Å²) in [7, 11) is 1.87. The second kappa shape index (κ2) is 4.72. The lowest BCUT2D eigenvalue weighted by Gasteiger charge is -2.23. The maximum Gasteiger partial charge on any atom is 0.236 e. The van der Waals surface area contributed by atoms with Gasteiger partial charge in [-0.2, -0.15) is 0 Å². The maximum atomic E-state index is 11.7. The minimum Gasteiger partial charge on any atom is -0.389 e. The van der Waals surface area contributed by atoms with E-state index in [0.29, 0.717) is 19.1 Å². The molecule has 4 nitrogen and oxygen atoms in total. The van der Waals surface area contributed by atoms with E-state index in [1.165, 1.54) is 0 Å². The summed E-state index contributed by atoms with van der Waals surface area (Å²) >= 11 is 0. The van der Waals surface area contributed by atoms with Crippen molar-refractivity contribution in [2.75, 3.05) is 20.1 Å². The van der Waals surface area contributed by atoms with Crippen LogP contribution in [0.25, 0.3) is 0 Å². The minimum absolute atomic E-state index is 0.143. The first-order chi connectivity index (χ1) is 7.61. The number of rotatable bonds is 5. The topological polar surface area (TPSA) is 52.6 Å². The van der Waals surface area contributed by atoms with Gasteiger partial charge in [-0.25, -0.2) is 0 Å². The van der Waals surface area contributed by atoms with Crippen molar-refractivity contribution >= 4 is 5.91 Å². The van der Waals surface area contributed by atoms with Crippen molar-refractivity contribution in [1.82, 2.24) is 10.2 Å². The zero-order valence-corrected chi connectivity index (χ0v) is 10.0. The molecule has 2 fully saturated rings. The fraction of sp³-hybridized carbons (Fsp3) is 0.917. The molecule has 0 bridgehead atoms. The van der Waals surface area contributed by atoms with E-state index in [9.17, 15) is 9.90 Å². The first kappa shape index (κ1) is 11.9. The smallest absolute Gasteiger partial charge is 0.236 e. The summed E-state index contributed by atoms with van der Waals surface area (Å²) in [6.45, 7) is 0.909. The van der Waals surface area contributed by atoms with Crippen molar-refractivity contribution in [2.24, 2.45) is 0 Å². The van der Waals surface area contributed by atoms with E-state index in [1.54, 1.807) is 0 Å². The summed E-state index contributed by atoms with van der Waals surface area (Å²) in [5.74, 6) is 0.143. The standard InChI is InChI=1S/C12H22N2O2/c1-14(10-4-5-10)11(15)8-13-9-12(16)6-2-3-7-12/h10,13,16H,2-9H2,1H3. The van der Waals surface area contributed by atoms with Crippen LogP contribution < -0.4 is 5.32 Å². The van der Waals surface area contributed by atoms with Gasteiger partial charge in [0.15, 0.2) is 0 Å². The third kappa shape index (κ3) is 2.95. The van der Waals surface area contributed by atoms with Crippen LogP contribution in [0.5, 0.6) is 0 Å². The van der Waals surface area contributed by atoms with Crippen LogP contribution in [-0.4, -0.2) is 47.7 Å². The van der Waals surface area contributed by atoms with Crippen molar-refractivity contribution in [3.05, 3.63) is 0 Å². The highest BCUT2D eigenvalue weighted by molar-refractivity contribution is 5.78. The third-order valence-electron chi connectivity index (χ3n) is 3.75. The van der Waals surface area contributed by atoms with Crippen LogP contribution in [0.15, 0.2) is 0 Å². The Balaban J connectivity index is 1.65. The van der Waals surface area contributed by atoms with E-state index in [2.05, 4.69) is 5.32 Å². The third-order valence-corrected chi connectivity index (χ3v) is 3.75. The number of likely N-dealkylation sites (N-methyl/N-ethyl adjacent to an activating group) is 1. The molecule has 2 saturated carbocycles. The average Bonchev–Trinajstić information content (AvgIpc) is 3.01. The molecular weight excluding hydrogens is 204 g/mol.